The zero-order valence-electron chi connectivity index (χ0n) is 17.5. The highest BCUT2D eigenvalue weighted by Crippen LogP contribution is 2.20. The van der Waals surface area contributed by atoms with Gasteiger partial charge in [-0.2, -0.15) is 4.31 Å². The summed E-state index contributed by atoms with van der Waals surface area (Å²) in [7, 11) is -3.60. The van der Waals surface area contributed by atoms with E-state index in [1.54, 1.807) is 18.2 Å². The molecule has 1 N–H and O–H groups in total. The molecule has 0 unspecified atom stereocenters. The summed E-state index contributed by atoms with van der Waals surface area (Å²) < 4.78 is 32.3. The van der Waals surface area contributed by atoms with Gasteiger partial charge < -0.3 is 10.1 Å². The van der Waals surface area contributed by atoms with Gasteiger partial charge in [-0.3, -0.25) is 9.69 Å². The second-order valence-corrected chi connectivity index (χ2v) is 9.32. The Morgan fingerprint density at radius 2 is 1.87 bits per heavy atom. The molecule has 2 aromatic rings. The third-order valence-corrected chi connectivity index (χ3v) is 6.92. The summed E-state index contributed by atoms with van der Waals surface area (Å²) in [6.07, 6.45) is 0. The summed E-state index contributed by atoms with van der Waals surface area (Å²) in [5.74, 6) is -0.176. The van der Waals surface area contributed by atoms with Gasteiger partial charge in [-0.1, -0.05) is 42.8 Å². The van der Waals surface area contributed by atoms with E-state index in [-0.39, 0.29) is 17.3 Å². The van der Waals surface area contributed by atoms with Crippen molar-refractivity contribution in [1.82, 2.24) is 9.21 Å². The Morgan fingerprint density at radius 3 is 2.57 bits per heavy atom. The maximum Gasteiger partial charge on any atom is 0.243 e. The van der Waals surface area contributed by atoms with Gasteiger partial charge in [0.15, 0.2) is 0 Å². The van der Waals surface area contributed by atoms with E-state index < -0.39 is 10.0 Å². The first-order valence-corrected chi connectivity index (χ1v) is 11.6. The smallest absolute Gasteiger partial charge is 0.243 e. The first kappa shape index (κ1) is 22.4. The van der Waals surface area contributed by atoms with Crippen molar-refractivity contribution in [2.75, 3.05) is 44.7 Å². The van der Waals surface area contributed by atoms with Crippen LogP contribution in [0.3, 0.4) is 0 Å². The van der Waals surface area contributed by atoms with Crippen molar-refractivity contribution in [3.05, 3.63) is 59.7 Å². The van der Waals surface area contributed by atoms with E-state index in [1.165, 1.54) is 15.9 Å². The minimum Gasteiger partial charge on any atom is -0.379 e. The van der Waals surface area contributed by atoms with Gasteiger partial charge in [-0.05, 0) is 37.2 Å². The summed E-state index contributed by atoms with van der Waals surface area (Å²) in [6, 6.07) is 14.6. The quantitative estimate of drug-likeness (QED) is 0.695. The van der Waals surface area contributed by atoms with Crippen LogP contribution in [0.5, 0.6) is 0 Å². The Kier molecular flexibility index (Phi) is 7.60. The van der Waals surface area contributed by atoms with E-state index >= 15 is 0 Å². The van der Waals surface area contributed by atoms with Crippen molar-refractivity contribution in [2.24, 2.45) is 0 Å². The SMILES string of the molecule is CCN(CC(=O)Nc1cccc(S(=O)(=O)N2CCOCC2)c1)Cc1cccc(C)c1. The van der Waals surface area contributed by atoms with E-state index in [2.05, 4.69) is 11.4 Å². The molecule has 3 rings (SSSR count). The number of nitrogens with one attached hydrogen (secondary N) is 1. The Hall–Kier alpha value is -2.26. The second kappa shape index (κ2) is 10.2. The number of hydrogen-bond donors (Lipinski definition) is 1. The lowest BCUT2D eigenvalue weighted by Crippen LogP contribution is -2.40. The van der Waals surface area contributed by atoms with Gasteiger partial charge in [0.1, 0.15) is 0 Å². The Morgan fingerprint density at radius 1 is 1.13 bits per heavy atom. The molecule has 8 heteroatoms. The van der Waals surface area contributed by atoms with Gasteiger partial charge in [0.05, 0.1) is 24.7 Å². The average Bonchev–Trinajstić information content (AvgIpc) is 2.74. The van der Waals surface area contributed by atoms with Gasteiger partial charge in [-0.25, -0.2) is 8.42 Å². The molecule has 1 heterocycles. The monoisotopic (exact) mass is 431 g/mol. The van der Waals surface area contributed by atoms with E-state index in [0.717, 1.165) is 12.1 Å². The number of sulfonamides is 1. The summed E-state index contributed by atoms with van der Waals surface area (Å²) in [4.78, 5) is 14.8. The summed E-state index contributed by atoms with van der Waals surface area (Å²) in [5.41, 5.74) is 2.82. The third-order valence-electron chi connectivity index (χ3n) is 5.03. The number of aryl methyl sites for hydroxylation is 1. The highest BCUT2D eigenvalue weighted by atomic mass is 32.2. The van der Waals surface area contributed by atoms with Crippen LogP contribution in [-0.2, 0) is 26.1 Å². The van der Waals surface area contributed by atoms with Crippen LogP contribution in [0.2, 0.25) is 0 Å². The number of benzene rings is 2. The van der Waals surface area contributed by atoms with Gasteiger partial charge in [0.25, 0.3) is 0 Å². The Balaban J connectivity index is 1.64. The number of hydrogen-bond acceptors (Lipinski definition) is 5. The normalized spacial score (nSPS) is 15.3. The van der Waals surface area contributed by atoms with Crippen molar-refractivity contribution in [2.45, 2.75) is 25.3 Å². The van der Waals surface area contributed by atoms with Crippen LogP contribution < -0.4 is 5.32 Å². The highest BCUT2D eigenvalue weighted by Gasteiger charge is 2.26. The van der Waals surface area contributed by atoms with Crippen molar-refractivity contribution in [1.29, 1.82) is 0 Å². The Bertz CT molecular complexity index is 972. The molecule has 0 atom stereocenters. The molecule has 7 nitrogen and oxygen atoms in total. The van der Waals surface area contributed by atoms with E-state index in [9.17, 15) is 13.2 Å². The molecule has 1 aliphatic rings. The zero-order valence-corrected chi connectivity index (χ0v) is 18.3. The molecule has 1 fully saturated rings. The van der Waals surface area contributed by atoms with Crippen LogP contribution in [0.1, 0.15) is 18.1 Å². The fourth-order valence-corrected chi connectivity index (χ4v) is 4.88. The molecule has 0 bridgehead atoms. The first-order chi connectivity index (χ1) is 14.4. The molecule has 0 aliphatic carbocycles. The number of likely N-dealkylation sites (N-methyl/N-ethyl adjacent to an activating group) is 1. The maximum absolute atomic E-state index is 12.8. The fraction of sp³-hybridized carbons (Fsp3) is 0.409. The summed E-state index contributed by atoms with van der Waals surface area (Å²) in [6.45, 7) is 7.15. The van der Waals surface area contributed by atoms with Crippen LogP contribution >= 0.6 is 0 Å². The molecule has 1 saturated heterocycles. The minimum absolute atomic E-state index is 0.175. The summed E-state index contributed by atoms with van der Waals surface area (Å²) in [5, 5.41) is 2.83. The first-order valence-electron chi connectivity index (χ1n) is 10.1. The number of ether oxygens (including phenoxy) is 1. The summed E-state index contributed by atoms with van der Waals surface area (Å²) >= 11 is 0. The van der Waals surface area contributed by atoms with Crippen molar-refractivity contribution in [3.63, 3.8) is 0 Å². The molecular formula is C22H29N3O4S. The van der Waals surface area contributed by atoms with Crippen LogP contribution in [0.25, 0.3) is 0 Å². The largest absolute Gasteiger partial charge is 0.379 e. The van der Waals surface area contributed by atoms with Gasteiger partial charge in [-0.15, -0.1) is 0 Å². The number of carbonyl (C=O) groups excluding carboxylic acids is 1. The van der Waals surface area contributed by atoms with Crippen LogP contribution in [0.15, 0.2) is 53.4 Å². The molecular weight excluding hydrogens is 402 g/mol. The number of rotatable bonds is 8. The highest BCUT2D eigenvalue weighted by molar-refractivity contribution is 7.89. The Labute approximate surface area is 178 Å². The number of morpholine rings is 1. The molecule has 0 saturated carbocycles. The standard InChI is InChI=1S/C22H29N3O4S/c1-3-24(16-19-7-4-6-18(2)14-19)17-22(26)23-20-8-5-9-21(15-20)30(27,28)25-10-12-29-13-11-25/h4-9,14-15H,3,10-13,16-17H2,1-2H3,(H,23,26). The number of amides is 1. The van der Waals surface area contributed by atoms with Crippen molar-refractivity contribution < 1.29 is 17.9 Å². The fourth-order valence-electron chi connectivity index (χ4n) is 3.42. The van der Waals surface area contributed by atoms with Crippen LogP contribution in [0, 0.1) is 6.92 Å². The lowest BCUT2D eigenvalue weighted by molar-refractivity contribution is -0.117. The number of nitrogens with zero attached hydrogens (tertiary/aromatic N) is 2. The third kappa shape index (κ3) is 5.89. The molecule has 30 heavy (non-hydrogen) atoms. The van der Waals surface area contributed by atoms with Crippen LogP contribution in [0.4, 0.5) is 5.69 Å². The maximum atomic E-state index is 12.8. The molecule has 1 aliphatic heterocycles. The predicted octanol–water partition coefficient (Wildman–Crippen LogP) is 2.48. The topological polar surface area (TPSA) is 79.0 Å². The predicted molar refractivity (Wildman–Crippen MR) is 117 cm³/mol. The van der Waals surface area contributed by atoms with E-state index in [0.29, 0.717) is 38.5 Å². The molecule has 1 amide bonds. The van der Waals surface area contributed by atoms with Crippen LogP contribution in [-0.4, -0.2) is 62.9 Å². The average molecular weight is 432 g/mol. The lowest BCUT2D eigenvalue weighted by Gasteiger charge is -2.26. The molecule has 162 valence electrons. The molecule has 0 aromatic heterocycles. The second-order valence-electron chi connectivity index (χ2n) is 7.38. The van der Waals surface area contributed by atoms with Gasteiger partial charge in [0.2, 0.25) is 15.9 Å². The van der Waals surface area contributed by atoms with Crippen molar-refractivity contribution >= 4 is 21.6 Å². The van der Waals surface area contributed by atoms with Gasteiger partial charge >= 0.3 is 0 Å². The molecule has 2 aromatic carbocycles. The van der Waals surface area contributed by atoms with E-state index in [4.69, 9.17) is 4.74 Å². The van der Waals surface area contributed by atoms with E-state index in [1.807, 2.05) is 36.9 Å². The number of carbonyl (C=O) groups is 1. The number of anilines is 1. The molecule has 0 radical (unpaired) electrons. The van der Waals surface area contributed by atoms with Gasteiger partial charge in [0, 0.05) is 25.3 Å². The molecule has 0 spiro atoms. The van der Waals surface area contributed by atoms with Crippen molar-refractivity contribution in [3.8, 4) is 0 Å². The minimum atomic E-state index is -3.60. The lowest BCUT2D eigenvalue weighted by atomic mass is 10.1. The zero-order chi connectivity index (χ0) is 21.6.